The average molecular weight is 379 g/mol. The summed E-state index contributed by atoms with van der Waals surface area (Å²) in [4.78, 5) is 14.7. The van der Waals surface area contributed by atoms with Gasteiger partial charge in [0.15, 0.2) is 0 Å². The van der Waals surface area contributed by atoms with Gasteiger partial charge in [-0.15, -0.1) is 0 Å². The van der Waals surface area contributed by atoms with Crippen LogP contribution in [0.1, 0.15) is 43.7 Å². The molecule has 2 aliphatic rings. The molecule has 144 valence electrons. The van der Waals surface area contributed by atoms with Crippen LogP contribution in [0.5, 0.6) is 0 Å². The summed E-state index contributed by atoms with van der Waals surface area (Å²) in [5.41, 5.74) is 1.94. The van der Waals surface area contributed by atoms with Gasteiger partial charge in [0.05, 0.1) is 5.75 Å². The van der Waals surface area contributed by atoms with E-state index in [4.69, 9.17) is 0 Å². The van der Waals surface area contributed by atoms with E-state index in [2.05, 4.69) is 6.92 Å². The van der Waals surface area contributed by atoms with Crippen molar-refractivity contribution in [3.8, 4) is 0 Å². The highest BCUT2D eigenvalue weighted by atomic mass is 32.2. The Hall–Kier alpha value is -1.40. The van der Waals surface area contributed by atoms with Crippen LogP contribution < -0.4 is 0 Å². The van der Waals surface area contributed by atoms with Crippen molar-refractivity contribution in [2.75, 3.05) is 26.2 Å². The molecular formula is C20H30N2O3S. The second-order valence-electron chi connectivity index (χ2n) is 7.95. The molecule has 3 rings (SSSR count). The van der Waals surface area contributed by atoms with Gasteiger partial charge in [-0.05, 0) is 44.1 Å². The SMILES string of the molecule is Cc1ccc(CS(=O)(=O)N2CCC(C(=O)N3CCCC(C)C3)CC2)cc1. The van der Waals surface area contributed by atoms with Crippen LogP contribution in [0.15, 0.2) is 24.3 Å². The normalized spacial score (nSPS) is 23.2. The van der Waals surface area contributed by atoms with Crippen molar-refractivity contribution in [2.45, 2.75) is 45.3 Å². The van der Waals surface area contributed by atoms with Gasteiger partial charge in [0, 0.05) is 32.1 Å². The van der Waals surface area contributed by atoms with E-state index in [1.165, 1.54) is 6.42 Å². The first-order valence-corrected chi connectivity index (χ1v) is 11.3. The van der Waals surface area contributed by atoms with Crippen LogP contribution in [0.25, 0.3) is 0 Å². The Morgan fingerprint density at radius 3 is 2.35 bits per heavy atom. The number of carbonyl (C=O) groups excluding carboxylic acids is 1. The lowest BCUT2D eigenvalue weighted by Crippen LogP contribution is -2.47. The van der Waals surface area contributed by atoms with E-state index in [9.17, 15) is 13.2 Å². The highest BCUT2D eigenvalue weighted by molar-refractivity contribution is 7.88. The zero-order valence-electron chi connectivity index (χ0n) is 15.9. The van der Waals surface area contributed by atoms with E-state index in [0.29, 0.717) is 31.8 Å². The number of sulfonamides is 1. The van der Waals surface area contributed by atoms with Crippen molar-refractivity contribution in [3.63, 3.8) is 0 Å². The summed E-state index contributed by atoms with van der Waals surface area (Å²) in [5.74, 6) is 0.816. The highest BCUT2D eigenvalue weighted by Gasteiger charge is 2.34. The number of likely N-dealkylation sites (tertiary alicyclic amines) is 1. The van der Waals surface area contributed by atoms with Gasteiger partial charge in [-0.3, -0.25) is 4.79 Å². The van der Waals surface area contributed by atoms with Crippen LogP contribution >= 0.6 is 0 Å². The number of aryl methyl sites for hydroxylation is 1. The quantitative estimate of drug-likeness (QED) is 0.809. The lowest BCUT2D eigenvalue weighted by Gasteiger charge is -2.36. The lowest BCUT2D eigenvalue weighted by atomic mass is 9.93. The average Bonchev–Trinajstić information content (AvgIpc) is 2.63. The maximum atomic E-state index is 12.7. The van der Waals surface area contributed by atoms with Crippen molar-refractivity contribution in [1.82, 2.24) is 9.21 Å². The molecule has 2 fully saturated rings. The maximum Gasteiger partial charge on any atom is 0.225 e. The predicted octanol–water partition coefficient (Wildman–Crippen LogP) is 2.80. The number of nitrogens with zero attached hydrogens (tertiary/aromatic N) is 2. The molecule has 0 aliphatic carbocycles. The van der Waals surface area contributed by atoms with Gasteiger partial charge < -0.3 is 4.90 Å². The van der Waals surface area contributed by atoms with Gasteiger partial charge in [-0.25, -0.2) is 12.7 Å². The minimum Gasteiger partial charge on any atom is -0.342 e. The molecule has 1 amide bonds. The fourth-order valence-corrected chi connectivity index (χ4v) is 5.58. The summed E-state index contributed by atoms with van der Waals surface area (Å²) in [6.45, 7) is 6.80. The largest absolute Gasteiger partial charge is 0.342 e. The van der Waals surface area contributed by atoms with Gasteiger partial charge >= 0.3 is 0 Å². The molecule has 1 atom stereocenters. The van der Waals surface area contributed by atoms with E-state index in [1.54, 1.807) is 4.31 Å². The first-order valence-electron chi connectivity index (χ1n) is 9.67. The minimum atomic E-state index is -3.32. The Labute approximate surface area is 157 Å². The van der Waals surface area contributed by atoms with Crippen LogP contribution in [0.3, 0.4) is 0 Å². The number of amides is 1. The second-order valence-corrected chi connectivity index (χ2v) is 9.92. The van der Waals surface area contributed by atoms with Crippen LogP contribution in [-0.4, -0.2) is 49.7 Å². The Balaban J connectivity index is 1.55. The van der Waals surface area contributed by atoms with Crippen LogP contribution in [-0.2, 0) is 20.6 Å². The van der Waals surface area contributed by atoms with Gasteiger partial charge in [-0.1, -0.05) is 36.8 Å². The second kappa shape index (κ2) is 8.09. The molecule has 2 saturated heterocycles. The van der Waals surface area contributed by atoms with Crippen molar-refractivity contribution in [1.29, 1.82) is 0 Å². The predicted molar refractivity (Wildman–Crippen MR) is 103 cm³/mol. The molecule has 0 spiro atoms. The fraction of sp³-hybridized carbons (Fsp3) is 0.650. The maximum absolute atomic E-state index is 12.7. The summed E-state index contributed by atoms with van der Waals surface area (Å²) in [6, 6.07) is 7.63. The molecule has 2 heterocycles. The van der Waals surface area contributed by atoms with Crippen molar-refractivity contribution in [3.05, 3.63) is 35.4 Å². The molecule has 0 aromatic heterocycles. The molecule has 5 nitrogen and oxygen atoms in total. The highest BCUT2D eigenvalue weighted by Crippen LogP contribution is 2.25. The monoisotopic (exact) mass is 378 g/mol. The number of hydrogen-bond donors (Lipinski definition) is 0. The molecule has 0 radical (unpaired) electrons. The molecule has 0 saturated carbocycles. The van der Waals surface area contributed by atoms with Crippen molar-refractivity contribution >= 4 is 15.9 Å². The summed E-state index contributed by atoms with van der Waals surface area (Å²) in [7, 11) is -3.32. The number of benzene rings is 1. The number of carbonyl (C=O) groups is 1. The zero-order chi connectivity index (χ0) is 18.7. The molecule has 26 heavy (non-hydrogen) atoms. The fourth-order valence-electron chi connectivity index (χ4n) is 4.01. The third kappa shape index (κ3) is 4.65. The third-order valence-corrected chi connectivity index (χ3v) is 7.48. The van der Waals surface area contributed by atoms with Crippen LogP contribution in [0.2, 0.25) is 0 Å². The smallest absolute Gasteiger partial charge is 0.225 e. The van der Waals surface area contributed by atoms with E-state index in [1.807, 2.05) is 36.1 Å². The molecule has 6 heteroatoms. The summed E-state index contributed by atoms with van der Waals surface area (Å²) in [5, 5.41) is 0. The zero-order valence-corrected chi connectivity index (χ0v) is 16.7. The number of piperidine rings is 2. The van der Waals surface area contributed by atoms with Crippen molar-refractivity contribution < 1.29 is 13.2 Å². The van der Waals surface area contributed by atoms with E-state index in [-0.39, 0.29) is 17.6 Å². The van der Waals surface area contributed by atoms with E-state index < -0.39 is 10.0 Å². The first kappa shape index (κ1) is 19.4. The van der Waals surface area contributed by atoms with Gasteiger partial charge in [0.25, 0.3) is 0 Å². The topological polar surface area (TPSA) is 57.7 Å². The lowest BCUT2D eigenvalue weighted by molar-refractivity contribution is -0.138. The molecule has 1 unspecified atom stereocenters. The van der Waals surface area contributed by atoms with E-state index >= 15 is 0 Å². The molecular weight excluding hydrogens is 348 g/mol. The standard InChI is InChI=1S/C20H30N2O3S/c1-16-5-7-18(8-6-16)15-26(24,25)22-12-9-19(10-13-22)20(23)21-11-3-4-17(2)14-21/h5-8,17,19H,3-4,9-15H2,1-2H3. The Kier molecular flexibility index (Phi) is 6.03. The number of rotatable bonds is 4. The van der Waals surface area contributed by atoms with Crippen LogP contribution in [0.4, 0.5) is 0 Å². The molecule has 0 N–H and O–H groups in total. The summed E-state index contributed by atoms with van der Waals surface area (Å²) < 4.78 is 26.9. The first-order chi connectivity index (χ1) is 12.3. The molecule has 0 bridgehead atoms. The number of hydrogen-bond acceptors (Lipinski definition) is 3. The van der Waals surface area contributed by atoms with Gasteiger partial charge in [-0.2, -0.15) is 0 Å². The Morgan fingerprint density at radius 1 is 1.08 bits per heavy atom. The van der Waals surface area contributed by atoms with Gasteiger partial charge in [0.1, 0.15) is 0 Å². The van der Waals surface area contributed by atoms with Crippen LogP contribution in [0, 0.1) is 18.8 Å². The molecule has 1 aromatic carbocycles. The van der Waals surface area contributed by atoms with Crippen molar-refractivity contribution in [2.24, 2.45) is 11.8 Å². The summed E-state index contributed by atoms with van der Waals surface area (Å²) in [6.07, 6.45) is 3.55. The van der Waals surface area contributed by atoms with Gasteiger partial charge in [0.2, 0.25) is 15.9 Å². The molecule has 1 aromatic rings. The van der Waals surface area contributed by atoms with E-state index in [0.717, 1.165) is 30.6 Å². The third-order valence-electron chi connectivity index (χ3n) is 5.63. The molecule has 2 aliphatic heterocycles. The summed E-state index contributed by atoms with van der Waals surface area (Å²) >= 11 is 0. The Bertz CT molecular complexity index is 722. The minimum absolute atomic E-state index is 0.0221. The Morgan fingerprint density at radius 2 is 1.73 bits per heavy atom.